The highest BCUT2D eigenvalue weighted by Crippen LogP contribution is 2.66. The molecule has 8 heteroatoms. The summed E-state index contributed by atoms with van der Waals surface area (Å²) < 4.78 is 7.05. The number of hydrogen-bond acceptors (Lipinski definition) is 6. The molecule has 0 fully saturated rings. The van der Waals surface area contributed by atoms with E-state index in [9.17, 15) is 0 Å². The number of rotatable bonds is 6. The molecule has 0 amide bonds. The van der Waals surface area contributed by atoms with Crippen molar-refractivity contribution in [2.75, 3.05) is 0 Å². The van der Waals surface area contributed by atoms with Gasteiger partial charge in [0.2, 0.25) is 0 Å². The molecule has 8 heterocycles. The van der Waals surface area contributed by atoms with Crippen LogP contribution in [0.5, 0.6) is 0 Å². The SMILES string of the molecule is c1ccc2c(c1)-c1ccccc1C21c2cc(-c3ccncc3)ccc2-c2ccc(-c3ccc4cc(-c5ccc6nc7c8ccccc8sc7n6c5)ccc4c3)cc21.c1cncc(-c2ccc3c(c2)C2(c4ccccc4-c4ccccc42)c2cc(-c4ccc5cc(-c6ccc7nc8c9ccccc9sc8n7c6)ccc5c4)ccc2-3)c1. The van der Waals surface area contributed by atoms with E-state index in [2.05, 4.69) is 365 Å². The highest BCUT2D eigenvalue weighted by Gasteiger charge is 2.53. The lowest BCUT2D eigenvalue weighted by Crippen LogP contribution is -2.26. The van der Waals surface area contributed by atoms with Gasteiger partial charge in [0.1, 0.15) is 32.0 Å². The maximum Gasteiger partial charge on any atom is 0.138 e. The second kappa shape index (κ2) is 24.1. The molecule has 8 aromatic heterocycles. The lowest BCUT2D eigenvalue weighted by Gasteiger charge is -2.31. The van der Waals surface area contributed by atoms with E-state index < -0.39 is 10.8 Å². The first-order chi connectivity index (χ1) is 56.4. The zero-order valence-corrected chi connectivity index (χ0v) is 62.9. The highest BCUT2D eigenvalue weighted by molar-refractivity contribution is 7.25. The predicted molar refractivity (Wildman–Crippen MR) is 472 cm³/mol. The number of nitrogens with zero attached hydrogens (tertiary/aromatic N) is 6. The van der Waals surface area contributed by atoms with E-state index in [1.807, 2.05) is 30.9 Å². The van der Waals surface area contributed by atoms with Crippen LogP contribution < -0.4 is 0 Å². The number of fused-ring (bicyclic) bond motifs is 32. The Bertz CT molecular complexity index is 7340. The third kappa shape index (κ3) is 9.06. The summed E-state index contributed by atoms with van der Waals surface area (Å²) in [6, 6.07) is 126. The van der Waals surface area contributed by atoms with Crippen LogP contribution in [-0.4, -0.2) is 28.7 Å². The van der Waals surface area contributed by atoms with Gasteiger partial charge in [0, 0.05) is 57.4 Å². The van der Waals surface area contributed by atoms with Crippen LogP contribution in [0.1, 0.15) is 44.5 Å². The first-order valence-corrected chi connectivity index (χ1v) is 40.5. The summed E-state index contributed by atoms with van der Waals surface area (Å²) in [4.78, 5) is 21.1. The summed E-state index contributed by atoms with van der Waals surface area (Å²) in [7, 11) is 0. The van der Waals surface area contributed by atoms with E-state index in [0.29, 0.717) is 0 Å². The van der Waals surface area contributed by atoms with Crippen LogP contribution in [0.25, 0.3) is 185 Å². The standard InChI is InChI=1S/2C53H31N3S/c1-4-12-45-40(9-1)41-10-2-5-13-46(41)53(45)47-28-36(19-22-42(47)43-23-20-37(29-48(43)53)38-8-7-25-54-30-38)34-16-15-33-27-35(18-17-32(33)26-34)39-21-24-50-55-51-44-11-3-6-14-49(44)57-52(51)56(50)31-39;1-4-10-45-40(7-1)41-8-2-5-11-46(41)53(45)47-29-37(32-23-25-54-26-24-32)17-20-42(47)43-21-18-38(30-48(43)53)35-14-13-34-28-36(16-15-33(34)27-35)39-19-22-50-55-51-44-9-3-6-12-49(44)57-52(51)56(50)31-39/h2*1-31H. The molecule has 4 aliphatic rings. The lowest BCUT2D eigenvalue weighted by atomic mass is 9.70. The Morgan fingerprint density at radius 3 is 0.947 bits per heavy atom. The van der Waals surface area contributed by atoms with Crippen LogP contribution in [0.15, 0.2) is 377 Å². The second-order valence-electron chi connectivity index (χ2n) is 30.8. The van der Waals surface area contributed by atoms with Crippen molar-refractivity contribution < 1.29 is 0 Å². The van der Waals surface area contributed by atoms with Crippen molar-refractivity contribution in [2.45, 2.75) is 10.8 Å². The van der Waals surface area contributed by atoms with Gasteiger partial charge in [-0.25, -0.2) is 9.97 Å². The van der Waals surface area contributed by atoms with E-state index in [0.717, 1.165) is 27.9 Å². The van der Waals surface area contributed by atoms with E-state index in [4.69, 9.17) is 9.97 Å². The van der Waals surface area contributed by atoms with Gasteiger partial charge in [-0.2, -0.15) is 0 Å². The molecule has 0 aliphatic heterocycles. The van der Waals surface area contributed by atoms with Crippen LogP contribution >= 0.6 is 22.7 Å². The molecule has 14 aromatic carbocycles. The van der Waals surface area contributed by atoms with Crippen molar-refractivity contribution in [1.82, 2.24) is 28.7 Å². The van der Waals surface area contributed by atoms with Crippen LogP contribution in [-0.2, 0) is 10.8 Å². The minimum absolute atomic E-state index is 0.430. The Hall–Kier alpha value is -14.3. The molecule has 0 saturated carbocycles. The van der Waals surface area contributed by atoms with E-state index in [-0.39, 0.29) is 0 Å². The van der Waals surface area contributed by atoms with Crippen molar-refractivity contribution in [3.05, 3.63) is 421 Å². The summed E-state index contributed by atoms with van der Waals surface area (Å²) in [6.45, 7) is 0. The van der Waals surface area contributed by atoms with Gasteiger partial charge < -0.3 is 0 Å². The third-order valence-electron chi connectivity index (χ3n) is 25.0. The summed E-state index contributed by atoms with van der Waals surface area (Å²) in [5.74, 6) is 0. The Kier molecular flexibility index (Phi) is 13.4. The molecule has 26 rings (SSSR count). The fourth-order valence-corrected chi connectivity index (χ4v) is 22.2. The number of pyridine rings is 4. The summed E-state index contributed by atoms with van der Waals surface area (Å²) >= 11 is 3.61. The van der Waals surface area contributed by atoms with E-state index in [1.165, 1.54) is 202 Å². The van der Waals surface area contributed by atoms with Crippen molar-refractivity contribution in [2.24, 2.45) is 0 Å². The van der Waals surface area contributed by atoms with Gasteiger partial charge >= 0.3 is 0 Å². The van der Waals surface area contributed by atoms with Crippen molar-refractivity contribution >= 4 is 96.4 Å². The maximum atomic E-state index is 4.99. The molecule has 0 unspecified atom stereocenters. The van der Waals surface area contributed by atoms with Crippen molar-refractivity contribution in [3.8, 4) is 111 Å². The predicted octanol–water partition coefficient (Wildman–Crippen LogP) is 27.2. The Balaban J connectivity index is 0.000000129. The number of benzene rings is 14. The molecule has 2 spiro atoms. The molecule has 528 valence electrons. The first-order valence-electron chi connectivity index (χ1n) is 38.9. The number of imidazole rings is 2. The Labute approximate surface area is 663 Å². The highest BCUT2D eigenvalue weighted by atomic mass is 32.1. The molecule has 114 heavy (non-hydrogen) atoms. The average Bonchev–Trinajstić information content (AvgIpc) is 1.51. The molecule has 22 aromatic rings. The van der Waals surface area contributed by atoms with Gasteiger partial charge in [-0.15, -0.1) is 22.7 Å². The smallest absolute Gasteiger partial charge is 0.138 e. The lowest BCUT2D eigenvalue weighted by molar-refractivity contribution is 0.794. The van der Waals surface area contributed by atoms with Gasteiger partial charge in [-0.1, -0.05) is 237 Å². The molecule has 6 nitrogen and oxygen atoms in total. The normalized spacial score (nSPS) is 13.4. The van der Waals surface area contributed by atoms with Gasteiger partial charge in [-0.05, 0) is 280 Å². The van der Waals surface area contributed by atoms with Crippen molar-refractivity contribution in [3.63, 3.8) is 0 Å². The van der Waals surface area contributed by atoms with Gasteiger partial charge in [0.15, 0.2) is 0 Å². The molecular formula is C106H62N6S2. The summed E-state index contributed by atoms with van der Waals surface area (Å²) in [5.41, 5.74) is 38.8. The van der Waals surface area contributed by atoms with Crippen LogP contribution in [0, 0.1) is 0 Å². The number of thiophene rings is 2. The fraction of sp³-hybridized carbons (Fsp3) is 0.0189. The Morgan fingerprint density at radius 1 is 0.228 bits per heavy atom. The molecule has 0 saturated heterocycles. The number of aromatic nitrogens is 6. The molecule has 4 aliphatic carbocycles. The van der Waals surface area contributed by atoms with Gasteiger partial charge in [0.25, 0.3) is 0 Å². The maximum absolute atomic E-state index is 4.99. The monoisotopic (exact) mass is 1480 g/mol. The van der Waals surface area contributed by atoms with E-state index in [1.54, 1.807) is 22.7 Å². The average molecular weight is 1480 g/mol. The first kappa shape index (κ1) is 63.5. The van der Waals surface area contributed by atoms with Crippen LogP contribution in [0.2, 0.25) is 0 Å². The third-order valence-corrected chi connectivity index (χ3v) is 27.4. The van der Waals surface area contributed by atoms with Crippen LogP contribution in [0.3, 0.4) is 0 Å². The zero-order chi connectivity index (χ0) is 74.5. The van der Waals surface area contributed by atoms with Crippen LogP contribution in [0.4, 0.5) is 0 Å². The minimum Gasteiger partial charge on any atom is -0.290 e. The largest absolute Gasteiger partial charge is 0.290 e. The van der Waals surface area contributed by atoms with Gasteiger partial charge in [-0.3, -0.25) is 18.8 Å². The molecule has 0 atom stereocenters. The molecule has 0 N–H and O–H groups in total. The van der Waals surface area contributed by atoms with E-state index >= 15 is 0 Å². The quantitative estimate of drug-likeness (QED) is 0.166. The minimum atomic E-state index is -0.435. The molecular weight excluding hydrogens is 1420 g/mol. The fourth-order valence-electron chi connectivity index (χ4n) is 19.9. The molecule has 0 bridgehead atoms. The summed E-state index contributed by atoms with van der Waals surface area (Å²) in [5, 5.41) is 7.34. The zero-order valence-electron chi connectivity index (χ0n) is 61.3. The second-order valence-corrected chi connectivity index (χ2v) is 32.8. The Morgan fingerprint density at radius 2 is 0.553 bits per heavy atom. The summed E-state index contributed by atoms with van der Waals surface area (Å²) in [6.07, 6.45) is 12.1. The van der Waals surface area contributed by atoms with Crippen molar-refractivity contribution in [1.29, 1.82) is 0 Å². The number of hydrogen-bond donors (Lipinski definition) is 0. The van der Waals surface area contributed by atoms with Gasteiger partial charge in [0.05, 0.1) is 10.8 Å². The molecule has 0 radical (unpaired) electrons. The topological polar surface area (TPSA) is 60.4 Å².